The second-order valence-electron chi connectivity index (χ2n) is 7.62. The van der Waals surface area contributed by atoms with Crippen LogP contribution in [0.1, 0.15) is 31.4 Å². The van der Waals surface area contributed by atoms with Gasteiger partial charge in [0.05, 0.1) is 0 Å². The molecule has 0 saturated heterocycles. The van der Waals surface area contributed by atoms with E-state index in [1.807, 2.05) is 38.1 Å². The number of hydrogen-bond donors (Lipinski definition) is 0. The Balaban J connectivity index is 1.95. The third kappa shape index (κ3) is 5.05. The average molecular weight is 419 g/mol. The van der Waals surface area contributed by atoms with Crippen LogP contribution < -0.4 is 0 Å². The fourth-order valence-corrected chi connectivity index (χ4v) is 3.35. The van der Waals surface area contributed by atoms with E-state index in [2.05, 4.69) is 6.58 Å². The molecule has 31 heavy (non-hydrogen) atoms. The summed E-state index contributed by atoms with van der Waals surface area (Å²) in [5.74, 6) is -2.40. The molecule has 2 aromatic carbocycles. The van der Waals surface area contributed by atoms with E-state index in [4.69, 9.17) is 0 Å². The van der Waals surface area contributed by atoms with Crippen molar-refractivity contribution in [3.63, 3.8) is 0 Å². The molecule has 0 heterocycles. The predicted molar refractivity (Wildman–Crippen MR) is 124 cm³/mol. The van der Waals surface area contributed by atoms with Gasteiger partial charge in [0.25, 0.3) is 0 Å². The minimum absolute atomic E-state index is 0.0590. The lowest BCUT2D eigenvalue weighted by Gasteiger charge is -2.10. The molecule has 0 amide bonds. The van der Waals surface area contributed by atoms with E-state index in [-0.39, 0.29) is 11.1 Å². The first kappa shape index (κ1) is 22.4. The summed E-state index contributed by atoms with van der Waals surface area (Å²) in [4.78, 5) is 0. The Bertz CT molecular complexity index is 1150. The van der Waals surface area contributed by atoms with Crippen LogP contribution in [0.5, 0.6) is 0 Å². The Morgan fingerprint density at radius 3 is 2.19 bits per heavy atom. The lowest BCUT2D eigenvalue weighted by atomic mass is 9.97. The molecule has 0 aliphatic heterocycles. The van der Waals surface area contributed by atoms with Crippen molar-refractivity contribution in [2.45, 2.75) is 27.2 Å². The normalized spacial score (nSPS) is 15.4. The summed E-state index contributed by atoms with van der Waals surface area (Å²) in [5, 5.41) is 0. The third-order valence-electron chi connectivity index (χ3n) is 5.30. The maximum Gasteiger partial charge on any atom is 0.166 e. The standard InChI is InChI=1S/C28H25F3/c1-5-18(2)9-12-20(4)23-7-6-8-25(28(31)27(23)30)22-15-16-24(26(29)17-22)21-13-10-19(3)11-14-21/h5,7-17H,1,6H2,2-4H3/b18-9-,20-12+. The summed E-state index contributed by atoms with van der Waals surface area (Å²) < 4.78 is 44.9. The molecule has 0 unspecified atom stereocenters. The van der Waals surface area contributed by atoms with E-state index in [1.54, 1.807) is 49.4 Å². The highest BCUT2D eigenvalue weighted by atomic mass is 19.2. The minimum Gasteiger partial charge on any atom is -0.206 e. The van der Waals surface area contributed by atoms with Crippen LogP contribution in [0, 0.1) is 12.7 Å². The van der Waals surface area contributed by atoms with Gasteiger partial charge in [0.15, 0.2) is 11.7 Å². The molecule has 0 bridgehead atoms. The van der Waals surface area contributed by atoms with E-state index < -0.39 is 17.5 Å². The second-order valence-corrected chi connectivity index (χ2v) is 7.62. The van der Waals surface area contributed by atoms with Crippen molar-refractivity contribution in [1.29, 1.82) is 0 Å². The predicted octanol–water partition coefficient (Wildman–Crippen LogP) is 8.74. The van der Waals surface area contributed by atoms with Crippen molar-refractivity contribution >= 4 is 5.57 Å². The molecule has 0 nitrogen and oxygen atoms in total. The molecule has 0 spiro atoms. The SMILES string of the molecule is C=C/C(C)=C\C=C(/C)C1=CCC=C(c2ccc(-c3ccc(C)cc3)c(F)c2)C(F)=C1F. The molecule has 0 N–H and O–H groups in total. The molecular weight excluding hydrogens is 393 g/mol. The Kier molecular flexibility index (Phi) is 6.96. The van der Waals surface area contributed by atoms with Crippen LogP contribution in [0.15, 0.2) is 108 Å². The number of aryl methyl sites for hydroxylation is 1. The Morgan fingerprint density at radius 2 is 1.55 bits per heavy atom. The first-order valence-corrected chi connectivity index (χ1v) is 10.1. The molecule has 2 aromatic rings. The highest BCUT2D eigenvalue weighted by molar-refractivity contribution is 5.81. The first-order chi connectivity index (χ1) is 14.8. The third-order valence-corrected chi connectivity index (χ3v) is 5.30. The number of rotatable bonds is 5. The van der Waals surface area contributed by atoms with Gasteiger partial charge in [-0.25, -0.2) is 13.2 Å². The fourth-order valence-electron chi connectivity index (χ4n) is 3.35. The zero-order chi connectivity index (χ0) is 22.5. The highest BCUT2D eigenvalue weighted by Gasteiger charge is 2.21. The van der Waals surface area contributed by atoms with Crippen LogP contribution >= 0.6 is 0 Å². The Morgan fingerprint density at radius 1 is 0.871 bits per heavy atom. The van der Waals surface area contributed by atoms with Gasteiger partial charge in [-0.1, -0.05) is 84.5 Å². The molecule has 0 atom stereocenters. The summed E-state index contributed by atoms with van der Waals surface area (Å²) in [7, 11) is 0. The molecule has 1 aliphatic carbocycles. The van der Waals surface area contributed by atoms with Crippen molar-refractivity contribution < 1.29 is 13.2 Å². The highest BCUT2D eigenvalue weighted by Crippen LogP contribution is 2.37. The fraction of sp³-hybridized carbons (Fsp3) is 0.143. The van der Waals surface area contributed by atoms with Crippen LogP contribution in [0.2, 0.25) is 0 Å². The van der Waals surface area contributed by atoms with Crippen molar-refractivity contribution in [1.82, 2.24) is 0 Å². The van der Waals surface area contributed by atoms with Crippen LogP contribution in [-0.2, 0) is 0 Å². The lowest BCUT2D eigenvalue weighted by Crippen LogP contribution is -1.94. The van der Waals surface area contributed by atoms with Crippen LogP contribution in [0.4, 0.5) is 13.2 Å². The molecule has 3 heteroatoms. The van der Waals surface area contributed by atoms with Gasteiger partial charge in [-0.2, -0.15) is 0 Å². The smallest absolute Gasteiger partial charge is 0.166 e. The summed E-state index contributed by atoms with van der Waals surface area (Å²) >= 11 is 0. The molecule has 3 rings (SSSR count). The van der Waals surface area contributed by atoms with Gasteiger partial charge < -0.3 is 0 Å². The monoisotopic (exact) mass is 418 g/mol. The minimum atomic E-state index is -0.983. The maximum atomic E-state index is 15.1. The summed E-state index contributed by atoms with van der Waals surface area (Å²) in [6.45, 7) is 9.24. The van der Waals surface area contributed by atoms with Crippen LogP contribution in [-0.4, -0.2) is 0 Å². The average Bonchev–Trinajstić information content (AvgIpc) is 2.91. The van der Waals surface area contributed by atoms with Crippen LogP contribution in [0.25, 0.3) is 16.7 Å². The van der Waals surface area contributed by atoms with Gasteiger partial charge in [0, 0.05) is 16.7 Å². The van der Waals surface area contributed by atoms with Crippen molar-refractivity contribution in [2.24, 2.45) is 0 Å². The summed E-state index contributed by atoms with van der Waals surface area (Å²) in [6, 6.07) is 12.0. The van der Waals surface area contributed by atoms with Gasteiger partial charge >= 0.3 is 0 Å². The number of halogens is 3. The zero-order valence-electron chi connectivity index (χ0n) is 18.0. The molecule has 0 aromatic heterocycles. The van der Waals surface area contributed by atoms with E-state index >= 15 is 4.39 Å². The molecule has 0 saturated carbocycles. The van der Waals surface area contributed by atoms with Crippen LogP contribution in [0.3, 0.4) is 0 Å². The van der Waals surface area contributed by atoms with E-state index in [0.717, 1.165) is 16.7 Å². The van der Waals surface area contributed by atoms with Crippen molar-refractivity contribution in [2.75, 3.05) is 0 Å². The van der Waals surface area contributed by atoms with Gasteiger partial charge in [0.2, 0.25) is 0 Å². The lowest BCUT2D eigenvalue weighted by molar-refractivity contribution is 0.570. The quantitative estimate of drug-likeness (QED) is 0.426. The number of benzene rings is 2. The number of hydrogen-bond acceptors (Lipinski definition) is 0. The topological polar surface area (TPSA) is 0 Å². The second kappa shape index (κ2) is 9.65. The molecule has 158 valence electrons. The van der Waals surface area contributed by atoms with E-state index in [0.29, 0.717) is 23.1 Å². The summed E-state index contributed by atoms with van der Waals surface area (Å²) in [5.41, 5.74) is 4.32. The first-order valence-electron chi connectivity index (χ1n) is 10.1. The van der Waals surface area contributed by atoms with Crippen molar-refractivity contribution in [3.05, 3.63) is 125 Å². The Hall–Kier alpha value is -3.33. The number of allylic oxidation sites excluding steroid dienone is 11. The van der Waals surface area contributed by atoms with Gasteiger partial charge in [0.1, 0.15) is 5.82 Å². The van der Waals surface area contributed by atoms with E-state index in [9.17, 15) is 8.78 Å². The Labute approximate surface area is 182 Å². The maximum absolute atomic E-state index is 15.1. The largest absolute Gasteiger partial charge is 0.206 e. The molecule has 0 fully saturated rings. The van der Waals surface area contributed by atoms with Gasteiger partial charge in [-0.15, -0.1) is 0 Å². The summed E-state index contributed by atoms with van der Waals surface area (Å²) in [6.07, 6.45) is 8.78. The van der Waals surface area contributed by atoms with E-state index in [1.165, 1.54) is 6.07 Å². The molecular formula is C28H25F3. The van der Waals surface area contributed by atoms with Gasteiger partial charge in [-0.3, -0.25) is 0 Å². The van der Waals surface area contributed by atoms with Gasteiger partial charge in [-0.05, 0) is 50.0 Å². The molecule has 1 aliphatic rings. The van der Waals surface area contributed by atoms with Crippen molar-refractivity contribution in [3.8, 4) is 11.1 Å². The molecule has 0 radical (unpaired) electrons. The zero-order valence-corrected chi connectivity index (χ0v) is 18.0.